The average Bonchev–Trinajstić information content (AvgIpc) is 2.92. The van der Waals surface area contributed by atoms with Gasteiger partial charge in [-0.25, -0.2) is 0 Å². The third-order valence-corrected chi connectivity index (χ3v) is 4.45. The summed E-state index contributed by atoms with van der Waals surface area (Å²) < 4.78 is 0.739. The molecular formula is C14H17BrClNO2. The summed E-state index contributed by atoms with van der Waals surface area (Å²) in [5, 5.41) is 9.73. The Morgan fingerprint density at radius 1 is 1.42 bits per heavy atom. The molecule has 1 aromatic rings. The summed E-state index contributed by atoms with van der Waals surface area (Å²) in [4.78, 5) is 14.4. The fourth-order valence-electron chi connectivity index (χ4n) is 2.59. The number of aliphatic hydroxyl groups is 1. The van der Waals surface area contributed by atoms with Crippen molar-refractivity contribution in [2.75, 3.05) is 13.2 Å². The lowest BCUT2D eigenvalue weighted by Crippen LogP contribution is -2.40. The third-order valence-electron chi connectivity index (χ3n) is 3.53. The highest BCUT2D eigenvalue weighted by atomic mass is 79.9. The van der Waals surface area contributed by atoms with Gasteiger partial charge in [0.05, 0.1) is 12.2 Å². The molecule has 0 radical (unpaired) electrons. The summed E-state index contributed by atoms with van der Waals surface area (Å²) in [6.45, 7) is 0.364. The summed E-state index contributed by atoms with van der Waals surface area (Å²) in [6.07, 6.45) is 4.33. The summed E-state index contributed by atoms with van der Waals surface area (Å²) in [7, 11) is 0. The molecule has 1 N–H and O–H groups in total. The van der Waals surface area contributed by atoms with E-state index in [0.29, 0.717) is 17.1 Å². The third kappa shape index (κ3) is 3.50. The number of rotatable bonds is 4. The maximum absolute atomic E-state index is 12.6. The topological polar surface area (TPSA) is 40.5 Å². The van der Waals surface area contributed by atoms with Crippen LogP contribution < -0.4 is 0 Å². The van der Waals surface area contributed by atoms with Crippen LogP contribution in [0.2, 0.25) is 5.02 Å². The van der Waals surface area contributed by atoms with E-state index in [-0.39, 0.29) is 18.6 Å². The fourth-order valence-corrected chi connectivity index (χ4v) is 3.18. The van der Waals surface area contributed by atoms with Crippen LogP contribution in [-0.4, -0.2) is 35.1 Å². The molecule has 0 bridgehead atoms. The lowest BCUT2D eigenvalue weighted by molar-refractivity contribution is 0.0637. The molecule has 1 aliphatic carbocycles. The number of carbonyl (C=O) groups excluding carboxylic acids is 1. The van der Waals surface area contributed by atoms with E-state index >= 15 is 0 Å². The molecule has 1 aromatic carbocycles. The van der Waals surface area contributed by atoms with E-state index in [1.807, 2.05) is 0 Å². The highest BCUT2D eigenvalue weighted by molar-refractivity contribution is 9.10. The van der Waals surface area contributed by atoms with Crippen molar-refractivity contribution < 1.29 is 9.90 Å². The number of nitrogens with zero attached hydrogens (tertiary/aromatic N) is 1. The van der Waals surface area contributed by atoms with Gasteiger partial charge < -0.3 is 10.0 Å². The molecule has 0 saturated heterocycles. The van der Waals surface area contributed by atoms with Gasteiger partial charge in [-0.05, 0) is 47.0 Å². The van der Waals surface area contributed by atoms with Crippen molar-refractivity contribution in [2.24, 2.45) is 0 Å². The number of aliphatic hydroxyl groups excluding tert-OH is 1. The van der Waals surface area contributed by atoms with Gasteiger partial charge in [-0.15, -0.1) is 0 Å². The maximum atomic E-state index is 12.6. The van der Waals surface area contributed by atoms with Crippen LogP contribution >= 0.6 is 27.5 Å². The van der Waals surface area contributed by atoms with E-state index in [9.17, 15) is 9.90 Å². The quantitative estimate of drug-likeness (QED) is 0.907. The largest absolute Gasteiger partial charge is 0.395 e. The molecule has 0 heterocycles. The molecule has 0 unspecified atom stereocenters. The zero-order valence-corrected chi connectivity index (χ0v) is 13.0. The molecule has 0 atom stereocenters. The first-order valence-electron chi connectivity index (χ1n) is 6.50. The molecule has 19 heavy (non-hydrogen) atoms. The van der Waals surface area contributed by atoms with E-state index in [1.165, 1.54) is 0 Å². The predicted molar refractivity (Wildman–Crippen MR) is 79.5 cm³/mol. The Morgan fingerprint density at radius 3 is 2.74 bits per heavy atom. The highest BCUT2D eigenvalue weighted by Crippen LogP contribution is 2.28. The first-order chi connectivity index (χ1) is 9.13. The summed E-state index contributed by atoms with van der Waals surface area (Å²) >= 11 is 9.35. The molecule has 1 fully saturated rings. The SMILES string of the molecule is O=C(c1cc(Cl)ccc1Br)N(CCO)C1CCCC1. The Balaban J connectivity index is 2.25. The van der Waals surface area contributed by atoms with Gasteiger partial charge in [0.15, 0.2) is 0 Å². The molecule has 0 spiro atoms. The molecule has 0 aliphatic heterocycles. The minimum atomic E-state index is -0.0599. The normalized spacial score (nSPS) is 15.7. The molecule has 5 heteroatoms. The summed E-state index contributed by atoms with van der Waals surface area (Å²) in [6, 6.07) is 5.44. The van der Waals surface area contributed by atoms with Crippen LogP contribution in [0.5, 0.6) is 0 Å². The molecule has 1 aliphatic rings. The Morgan fingerprint density at radius 2 is 2.11 bits per heavy atom. The van der Waals surface area contributed by atoms with Crippen LogP contribution in [0.4, 0.5) is 0 Å². The Labute approximate surface area is 126 Å². The van der Waals surface area contributed by atoms with Crippen molar-refractivity contribution in [2.45, 2.75) is 31.7 Å². The number of carbonyl (C=O) groups is 1. The van der Waals surface area contributed by atoms with Gasteiger partial charge in [-0.2, -0.15) is 0 Å². The lowest BCUT2D eigenvalue weighted by atomic mass is 10.1. The van der Waals surface area contributed by atoms with E-state index in [2.05, 4.69) is 15.9 Å². The first kappa shape index (κ1) is 14.8. The lowest BCUT2D eigenvalue weighted by Gasteiger charge is -2.28. The van der Waals surface area contributed by atoms with E-state index in [1.54, 1.807) is 23.1 Å². The Hall–Kier alpha value is -0.580. The van der Waals surface area contributed by atoms with Gasteiger partial charge in [0.2, 0.25) is 0 Å². The number of hydrogen-bond donors (Lipinski definition) is 1. The van der Waals surface area contributed by atoms with Crippen molar-refractivity contribution in [3.8, 4) is 0 Å². The maximum Gasteiger partial charge on any atom is 0.255 e. The minimum Gasteiger partial charge on any atom is -0.395 e. The molecule has 0 aromatic heterocycles. The van der Waals surface area contributed by atoms with Gasteiger partial charge in [0.1, 0.15) is 0 Å². The minimum absolute atomic E-state index is 0.0135. The predicted octanol–water partition coefficient (Wildman–Crippen LogP) is 3.48. The van der Waals surface area contributed by atoms with Crippen LogP contribution in [0, 0.1) is 0 Å². The smallest absolute Gasteiger partial charge is 0.255 e. The second kappa shape index (κ2) is 6.73. The number of benzene rings is 1. The number of halogens is 2. The molecular weight excluding hydrogens is 330 g/mol. The van der Waals surface area contributed by atoms with Crippen LogP contribution in [0.25, 0.3) is 0 Å². The van der Waals surface area contributed by atoms with Gasteiger partial charge in [-0.3, -0.25) is 4.79 Å². The number of hydrogen-bond acceptors (Lipinski definition) is 2. The fraction of sp³-hybridized carbons (Fsp3) is 0.500. The summed E-state index contributed by atoms with van der Waals surface area (Å²) in [5.74, 6) is -0.0599. The van der Waals surface area contributed by atoms with Gasteiger partial charge >= 0.3 is 0 Å². The van der Waals surface area contributed by atoms with E-state index < -0.39 is 0 Å². The van der Waals surface area contributed by atoms with Crippen LogP contribution in [0.1, 0.15) is 36.0 Å². The van der Waals surface area contributed by atoms with Gasteiger partial charge in [0.25, 0.3) is 5.91 Å². The van der Waals surface area contributed by atoms with Crippen LogP contribution in [0.15, 0.2) is 22.7 Å². The average molecular weight is 347 g/mol. The zero-order chi connectivity index (χ0) is 13.8. The van der Waals surface area contributed by atoms with Crippen molar-refractivity contribution in [3.05, 3.63) is 33.3 Å². The van der Waals surface area contributed by atoms with Crippen LogP contribution in [0.3, 0.4) is 0 Å². The number of amides is 1. The first-order valence-corrected chi connectivity index (χ1v) is 7.67. The second-order valence-corrected chi connectivity index (χ2v) is 6.08. The van der Waals surface area contributed by atoms with Crippen molar-refractivity contribution in [1.29, 1.82) is 0 Å². The summed E-state index contributed by atoms with van der Waals surface area (Å²) in [5.41, 5.74) is 0.563. The Bertz CT molecular complexity index is 461. The second-order valence-electron chi connectivity index (χ2n) is 4.78. The molecule has 1 saturated carbocycles. The van der Waals surface area contributed by atoms with Crippen molar-refractivity contribution in [1.82, 2.24) is 4.90 Å². The monoisotopic (exact) mass is 345 g/mol. The standard InChI is InChI=1S/C14H17BrClNO2/c15-13-6-5-10(16)9-12(13)14(19)17(7-8-18)11-3-1-2-4-11/h5-6,9,11,18H,1-4,7-8H2. The van der Waals surface area contributed by atoms with E-state index in [4.69, 9.17) is 11.6 Å². The molecule has 1 amide bonds. The van der Waals surface area contributed by atoms with Gasteiger partial charge in [-0.1, -0.05) is 24.4 Å². The Kier molecular flexibility index (Phi) is 5.25. The molecule has 2 rings (SSSR count). The van der Waals surface area contributed by atoms with Gasteiger partial charge in [0, 0.05) is 22.1 Å². The van der Waals surface area contributed by atoms with Crippen molar-refractivity contribution >= 4 is 33.4 Å². The molecule has 104 valence electrons. The van der Waals surface area contributed by atoms with Crippen LogP contribution in [-0.2, 0) is 0 Å². The highest BCUT2D eigenvalue weighted by Gasteiger charge is 2.28. The van der Waals surface area contributed by atoms with Crippen molar-refractivity contribution in [3.63, 3.8) is 0 Å². The van der Waals surface area contributed by atoms with E-state index in [0.717, 1.165) is 30.2 Å². The molecule has 3 nitrogen and oxygen atoms in total. The zero-order valence-electron chi connectivity index (χ0n) is 10.6.